The zero-order chi connectivity index (χ0) is 5.70. The SMILES string of the molecule is C=C(C)CSC#N. The molecule has 0 unspecified atom stereocenters. The summed E-state index contributed by atoms with van der Waals surface area (Å²) in [4.78, 5) is 0. The zero-order valence-corrected chi connectivity index (χ0v) is 5.09. The smallest absolute Gasteiger partial charge is 0.133 e. The lowest BCUT2D eigenvalue weighted by molar-refractivity contribution is 1.44. The van der Waals surface area contributed by atoms with Crippen molar-refractivity contribution in [3.05, 3.63) is 12.2 Å². The molecule has 0 rings (SSSR count). The fourth-order valence-corrected chi connectivity index (χ4v) is 0.466. The van der Waals surface area contributed by atoms with E-state index in [-0.39, 0.29) is 0 Å². The van der Waals surface area contributed by atoms with Gasteiger partial charge >= 0.3 is 0 Å². The van der Waals surface area contributed by atoms with Crippen molar-refractivity contribution >= 4 is 11.8 Å². The van der Waals surface area contributed by atoms with Crippen LogP contribution < -0.4 is 0 Å². The van der Waals surface area contributed by atoms with E-state index in [0.29, 0.717) is 0 Å². The summed E-state index contributed by atoms with van der Waals surface area (Å²) >= 11 is 1.22. The van der Waals surface area contributed by atoms with Gasteiger partial charge in [0.1, 0.15) is 5.40 Å². The van der Waals surface area contributed by atoms with Crippen molar-refractivity contribution in [1.82, 2.24) is 0 Å². The van der Waals surface area contributed by atoms with E-state index in [9.17, 15) is 0 Å². The summed E-state index contributed by atoms with van der Waals surface area (Å²) in [6.45, 7) is 5.53. The Bertz CT molecular complexity index is 101. The van der Waals surface area contributed by atoms with Crippen LogP contribution in [0.2, 0.25) is 0 Å². The molecule has 0 saturated carbocycles. The van der Waals surface area contributed by atoms with Crippen LogP contribution in [0.15, 0.2) is 12.2 Å². The molecule has 0 heterocycles. The molecular weight excluding hydrogens is 106 g/mol. The third-order valence-electron chi connectivity index (χ3n) is 0.383. The van der Waals surface area contributed by atoms with Gasteiger partial charge in [-0.2, -0.15) is 5.26 Å². The van der Waals surface area contributed by atoms with E-state index in [2.05, 4.69) is 6.58 Å². The number of nitriles is 1. The van der Waals surface area contributed by atoms with E-state index < -0.39 is 0 Å². The summed E-state index contributed by atoms with van der Waals surface area (Å²) in [7, 11) is 0. The second kappa shape index (κ2) is 3.76. The molecule has 0 aliphatic rings. The van der Waals surface area contributed by atoms with Crippen molar-refractivity contribution in [1.29, 1.82) is 5.26 Å². The Hall–Kier alpha value is -0.420. The number of hydrogen-bond donors (Lipinski definition) is 0. The fraction of sp³-hybridized carbons (Fsp3) is 0.400. The predicted molar refractivity (Wildman–Crippen MR) is 32.9 cm³/mol. The monoisotopic (exact) mass is 113 g/mol. The highest BCUT2D eigenvalue weighted by molar-refractivity contribution is 8.03. The molecule has 0 saturated heterocycles. The quantitative estimate of drug-likeness (QED) is 0.402. The Morgan fingerprint density at radius 3 is 2.71 bits per heavy atom. The lowest BCUT2D eigenvalue weighted by Gasteiger charge is -1.85. The van der Waals surface area contributed by atoms with Crippen molar-refractivity contribution in [2.75, 3.05) is 5.75 Å². The van der Waals surface area contributed by atoms with Crippen molar-refractivity contribution in [3.8, 4) is 5.40 Å². The van der Waals surface area contributed by atoms with Crippen LogP contribution in [0.4, 0.5) is 0 Å². The summed E-state index contributed by atoms with van der Waals surface area (Å²) in [5, 5.41) is 9.94. The third kappa shape index (κ3) is 5.58. The Morgan fingerprint density at radius 2 is 2.57 bits per heavy atom. The first-order valence-electron chi connectivity index (χ1n) is 1.92. The molecule has 0 fully saturated rings. The highest BCUT2D eigenvalue weighted by atomic mass is 32.2. The molecule has 2 heteroatoms. The molecule has 0 radical (unpaired) electrons. The molecule has 0 amide bonds. The lowest BCUT2D eigenvalue weighted by Crippen LogP contribution is -1.72. The molecule has 0 aliphatic heterocycles. The molecular formula is C5H7NS. The van der Waals surface area contributed by atoms with E-state index in [0.717, 1.165) is 11.3 Å². The molecule has 0 aliphatic carbocycles. The number of thioether (sulfide) groups is 1. The highest BCUT2D eigenvalue weighted by Crippen LogP contribution is 2.00. The van der Waals surface area contributed by atoms with E-state index in [1.165, 1.54) is 11.8 Å². The Balaban J connectivity index is 3.02. The van der Waals surface area contributed by atoms with Gasteiger partial charge in [0.15, 0.2) is 0 Å². The van der Waals surface area contributed by atoms with E-state index in [4.69, 9.17) is 5.26 Å². The highest BCUT2D eigenvalue weighted by Gasteiger charge is 1.81. The molecule has 0 atom stereocenters. The minimum Gasteiger partial charge on any atom is -0.185 e. The van der Waals surface area contributed by atoms with Crippen molar-refractivity contribution < 1.29 is 0 Å². The maximum absolute atomic E-state index is 7.99. The second-order valence-corrected chi connectivity index (χ2v) is 2.10. The normalized spacial score (nSPS) is 7.43. The van der Waals surface area contributed by atoms with Crippen molar-refractivity contribution in [2.45, 2.75) is 6.92 Å². The van der Waals surface area contributed by atoms with Gasteiger partial charge in [0.2, 0.25) is 0 Å². The van der Waals surface area contributed by atoms with Crippen LogP contribution in [-0.4, -0.2) is 5.75 Å². The molecule has 1 nitrogen and oxygen atoms in total. The van der Waals surface area contributed by atoms with Gasteiger partial charge in [-0.1, -0.05) is 12.2 Å². The van der Waals surface area contributed by atoms with Crippen LogP contribution in [0.25, 0.3) is 0 Å². The van der Waals surface area contributed by atoms with Gasteiger partial charge in [-0.25, -0.2) is 0 Å². The Labute approximate surface area is 48.0 Å². The van der Waals surface area contributed by atoms with Crippen LogP contribution in [-0.2, 0) is 0 Å². The maximum Gasteiger partial charge on any atom is 0.133 e. The largest absolute Gasteiger partial charge is 0.185 e. The van der Waals surface area contributed by atoms with Crippen LogP contribution in [0.3, 0.4) is 0 Å². The summed E-state index contributed by atoms with van der Waals surface area (Å²) < 4.78 is 0. The van der Waals surface area contributed by atoms with Crippen LogP contribution >= 0.6 is 11.8 Å². The van der Waals surface area contributed by atoms with Crippen LogP contribution in [0.1, 0.15) is 6.92 Å². The Morgan fingerprint density at radius 1 is 2.00 bits per heavy atom. The zero-order valence-electron chi connectivity index (χ0n) is 4.27. The molecule has 0 N–H and O–H groups in total. The standard InChI is InChI=1S/C5H7NS/c1-5(2)3-7-4-6/h1,3H2,2H3. The average Bonchev–Trinajstić information content (AvgIpc) is 1.61. The first-order chi connectivity index (χ1) is 3.27. The van der Waals surface area contributed by atoms with Crippen LogP contribution in [0.5, 0.6) is 0 Å². The predicted octanol–water partition coefficient (Wildman–Crippen LogP) is 1.78. The summed E-state index contributed by atoms with van der Waals surface area (Å²) in [5.74, 6) is 0.760. The van der Waals surface area contributed by atoms with Crippen molar-refractivity contribution in [2.24, 2.45) is 0 Å². The molecule has 0 aromatic carbocycles. The average molecular weight is 113 g/mol. The van der Waals surface area contributed by atoms with Gasteiger partial charge in [-0.05, 0) is 18.7 Å². The van der Waals surface area contributed by atoms with E-state index >= 15 is 0 Å². The summed E-state index contributed by atoms with van der Waals surface area (Å²) in [6, 6.07) is 0. The summed E-state index contributed by atoms with van der Waals surface area (Å²) in [6.07, 6.45) is 0. The minimum absolute atomic E-state index is 0.760. The van der Waals surface area contributed by atoms with Gasteiger partial charge < -0.3 is 0 Å². The van der Waals surface area contributed by atoms with Crippen molar-refractivity contribution in [3.63, 3.8) is 0 Å². The Kier molecular flexibility index (Phi) is 3.53. The number of thiocyanates is 1. The lowest BCUT2D eigenvalue weighted by atomic mass is 10.4. The molecule has 0 bridgehead atoms. The third-order valence-corrected chi connectivity index (χ3v) is 1.15. The molecule has 7 heavy (non-hydrogen) atoms. The number of nitrogens with zero attached hydrogens (tertiary/aromatic N) is 1. The molecule has 0 aromatic rings. The van der Waals surface area contributed by atoms with Crippen LogP contribution in [0, 0.1) is 10.7 Å². The van der Waals surface area contributed by atoms with Gasteiger partial charge in [0, 0.05) is 5.75 Å². The minimum atomic E-state index is 0.760. The summed E-state index contributed by atoms with van der Waals surface area (Å²) in [5.41, 5.74) is 1.05. The topological polar surface area (TPSA) is 23.8 Å². The van der Waals surface area contributed by atoms with E-state index in [1.54, 1.807) is 0 Å². The molecule has 0 aromatic heterocycles. The first-order valence-corrected chi connectivity index (χ1v) is 2.91. The molecule has 0 spiro atoms. The van der Waals surface area contributed by atoms with Gasteiger partial charge in [0.05, 0.1) is 0 Å². The number of rotatable bonds is 2. The molecule has 38 valence electrons. The van der Waals surface area contributed by atoms with E-state index in [1.807, 2.05) is 12.3 Å². The van der Waals surface area contributed by atoms with Gasteiger partial charge in [-0.3, -0.25) is 0 Å². The maximum atomic E-state index is 7.99. The van der Waals surface area contributed by atoms with Gasteiger partial charge in [0.25, 0.3) is 0 Å². The second-order valence-electron chi connectivity index (χ2n) is 1.34. The fourth-order valence-electron chi connectivity index (χ4n) is 0.155. The first kappa shape index (κ1) is 6.58. The van der Waals surface area contributed by atoms with Gasteiger partial charge in [-0.15, -0.1) is 0 Å². The number of hydrogen-bond acceptors (Lipinski definition) is 2.